The summed E-state index contributed by atoms with van der Waals surface area (Å²) in [6, 6.07) is 1.49. The Labute approximate surface area is 127 Å². The lowest BCUT2D eigenvalue weighted by Gasteiger charge is -2.29. The standard InChI is InChI=1S/C15H19NO4S/c1-4-15(5-2,20-6-3)14-16-11(9-21-14)12-7-10(8-19-12)13(17)18/h7-9H,4-6H2,1-3H3,(H,17,18). The van der Waals surface area contributed by atoms with Crippen LogP contribution >= 0.6 is 11.3 Å². The summed E-state index contributed by atoms with van der Waals surface area (Å²) in [7, 11) is 0. The van der Waals surface area contributed by atoms with Gasteiger partial charge in [-0.05, 0) is 19.8 Å². The molecule has 2 aromatic rings. The SMILES string of the molecule is CCOC(CC)(CC)c1nc(-c2cc(C(=O)O)co2)cs1. The molecular formula is C15H19NO4S. The summed E-state index contributed by atoms with van der Waals surface area (Å²) in [6.45, 7) is 6.76. The molecule has 0 spiro atoms. The Bertz CT molecular complexity index is 613. The van der Waals surface area contributed by atoms with Gasteiger partial charge in [0.05, 0.1) is 5.56 Å². The molecule has 0 atom stereocenters. The van der Waals surface area contributed by atoms with Gasteiger partial charge in [0.15, 0.2) is 5.76 Å². The molecule has 6 heteroatoms. The highest BCUT2D eigenvalue weighted by atomic mass is 32.1. The van der Waals surface area contributed by atoms with E-state index in [1.165, 1.54) is 23.7 Å². The first kappa shape index (κ1) is 15.7. The van der Waals surface area contributed by atoms with Crippen molar-refractivity contribution in [3.8, 4) is 11.5 Å². The van der Waals surface area contributed by atoms with Crippen molar-refractivity contribution in [2.45, 2.75) is 39.2 Å². The van der Waals surface area contributed by atoms with Crippen LogP contribution in [0.2, 0.25) is 0 Å². The molecule has 5 nitrogen and oxygen atoms in total. The minimum atomic E-state index is -1.01. The van der Waals surface area contributed by atoms with Crippen molar-refractivity contribution in [3.05, 3.63) is 28.3 Å². The monoisotopic (exact) mass is 309 g/mol. The van der Waals surface area contributed by atoms with Crippen molar-refractivity contribution >= 4 is 17.3 Å². The van der Waals surface area contributed by atoms with Gasteiger partial charge in [0.2, 0.25) is 0 Å². The largest absolute Gasteiger partial charge is 0.478 e. The molecule has 0 aromatic carbocycles. The summed E-state index contributed by atoms with van der Waals surface area (Å²) < 4.78 is 11.2. The summed E-state index contributed by atoms with van der Waals surface area (Å²) in [5.74, 6) is -0.543. The Hall–Kier alpha value is -1.66. The molecule has 21 heavy (non-hydrogen) atoms. The Morgan fingerprint density at radius 3 is 2.67 bits per heavy atom. The van der Waals surface area contributed by atoms with Crippen LogP contribution in [0.25, 0.3) is 11.5 Å². The van der Waals surface area contributed by atoms with Gasteiger partial charge < -0.3 is 14.3 Å². The second-order valence-electron chi connectivity index (χ2n) is 4.68. The van der Waals surface area contributed by atoms with E-state index in [-0.39, 0.29) is 11.2 Å². The van der Waals surface area contributed by atoms with E-state index in [9.17, 15) is 4.79 Å². The molecular weight excluding hydrogens is 290 g/mol. The predicted octanol–water partition coefficient (Wildman–Crippen LogP) is 4.15. The quantitative estimate of drug-likeness (QED) is 0.831. The molecule has 0 fully saturated rings. The summed E-state index contributed by atoms with van der Waals surface area (Å²) in [5, 5.41) is 11.7. The van der Waals surface area contributed by atoms with E-state index < -0.39 is 5.97 Å². The summed E-state index contributed by atoms with van der Waals surface area (Å²) in [6.07, 6.45) is 2.90. The van der Waals surface area contributed by atoms with E-state index in [4.69, 9.17) is 14.3 Å². The first-order valence-electron chi connectivity index (χ1n) is 6.98. The summed E-state index contributed by atoms with van der Waals surface area (Å²) in [5.41, 5.74) is 0.398. The van der Waals surface area contributed by atoms with Crippen molar-refractivity contribution in [2.75, 3.05) is 6.61 Å². The van der Waals surface area contributed by atoms with Crippen LogP contribution in [0.15, 0.2) is 22.1 Å². The topological polar surface area (TPSA) is 72.6 Å². The van der Waals surface area contributed by atoms with E-state index in [0.29, 0.717) is 18.1 Å². The van der Waals surface area contributed by atoms with Gasteiger partial charge in [-0.1, -0.05) is 13.8 Å². The summed E-state index contributed by atoms with van der Waals surface area (Å²) in [4.78, 5) is 15.5. The highest BCUT2D eigenvalue weighted by Gasteiger charge is 2.32. The fourth-order valence-electron chi connectivity index (χ4n) is 2.27. The van der Waals surface area contributed by atoms with Crippen LogP contribution in [0.4, 0.5) is 0 Å². The number of aromatic nitrogens is 1. The van der Waals surface area contributed by atoms with Crippen molar-refractivity contribution < 1.29 is 19.1 Å². The number of thiazole rings is 1. The normalized spacial score (nSPS) is 11.8. The average Bonchev–Trinajstić information content (AvgIpc) is 3.13. The Morgan fingerprint density at radius 1 is 1.43 bits per heavy atom. The van der Waals surface area contributed by atoms with Gasteiger partial charge in [0.25, 0.3) is 0 Å². The van der Waals surface area contributed by atoms with E-state index in [1.54, 1.807) is 0 Å². The maximum atomic E-state index is 10.9. The van der Waals surface area contributed by atoms with Gasteiger partial charge in [-0.2, -0.15) is 0 Å². The van der Waals surface area contributed by atoms with Gasteiger partial charge in [-0.15, -0.1) is 11.3 Å². The van der Waals surface area contributed by atoms with Crippen molar-refractivity contribution in [2.24, 2.45) is 0 Å². The maximum Gasteiger partial charge on any atom is 0.338 e. The lowest BCUT2D eigenvalue weighted by atomic mass is 9.98. The third-order valence-corrected chi connectivity index (χ3v) is 4.58. The van der Waals surface area contributed by atoms with Gasteiger partial charge in [0.1, 0.15) is 22.6 Å². The molecule has 0 unspecified atom stereocenters. The van der Waals surface area contributed by atoms with E-state index >= 15 is 0 Å². The minimum absolute atomic E-state index is 0.126. The number of nitrogens with zero attached hydrogens (tertiary/aromatic N) is 1. The minimum Gasteiger partial charge on any atom is -0.478 e. The molecule has 0 radical (unpaired) electrons. The first-order chi connectivity index (χ1) is 10.1. The molecule has 0 aliphatic carbocycles. The molecule has 0 amide bonds. The van der Waals surface area contributed by atoms with Crippen LogP contribution in [-0.2, 0) is 10.3 Å². The lowest BCUT2D eigenvalue weighted by Crippen LogP contribution is -2.28. The summed E-state index contributed by atoms with van der Waals surface area (Å²) >= 11 is 1.51. The smallest absolute Gasteiger partial charge is 0.338 e. The fraction of sp³-hybridized carbons (Fsp3) is 0.467. The number of rotatable bonds is 7. The average molecular weight is 309 g/mol. The Kier molecular flexibility index (Phi) is 4.80. The number of ether oxygens (including phenoxy) is 1. The number of furan rings is 1. The van der Waals surface area contributed by atoms with Crippen LogP contribution in [0.3, 0.4) is 0 Å². The highest BCUT2D eigenvalue weighted by molar-refractivity contribution is 7.10. The van der Waals surface area contributed by atoms with Crippen molar-refractivity contribution in [1.82, 2.24) is 4.98 Å². The van der Waals surface area contributed by atoms with Gasteiger partial charge in [-0.25, -0.2) is 9.78 Å². The number of hydrogen-bond acceptors (Lipinski definition) is 5. The van der Waals surface area contributed by atoms with Crippen LogP contribution in [-0.4, -0.2) is 22.7 Å². The van der Waals surface area contributed by atoms with Gasteiger partial charge in [0, 0.05) is 18.1 Å². The first-order valence-corrected chi connectivity index (χ1v) is 7.86. The number of carboxylic acids is 1. The Balaban J connectivity index is 2.33. The van der Waals surface area contributed by atoms with Crippen LogP contribution in [0, 0.1) is 0 Å². The molecule has 2 rings (SSSR count). The molecule has 2 aromatic heterocycles. The van der Waals surface area contributed by atoms with Crippen molar-refractivity contribution in [1.29, 1.82) is 0 Å². The second-order valence-corrected chi connectivity index (χ2v) is 5.54. The highest BCUT2D eigenvalue weighted by Crippen LogP contribution is 2.37. The molecule has 1 N–H and O–H groups in total. The van der Waals surface area contributed by atoms with Crippen molar-refractivity contribution in [3.63, 3.8) is 0 Å². The molecule has 0 aliphatic heterocycles. The molecule has 0 aliphatic rings. The maximum absolute atomic E-state index is 10.9. The zero-order valence-corrected chi connectivity index (χ0v) is 13.2. The molecule has 0 saturated heterocycles. The second kappa shape index (κ2) is 6.41. The predicted molar refractivity (Wildman–Crippen MR) is 80.7 cm³/mol. The number of hydrogen-bond donors (Lipinski definition) is 1. The van der Waals surface area contributed by atoms with Gasteiger partial charge in [-0.3, -0.25) is 0 Å². The molecule has 2 heterocycles. The fourth-order valence-corrected chi connectivity index (χ4v) is 3.38. The van der Waals surface area contributed by atoms with Gasteiger partial charge >= 0.3 is 5.97 Å². The van der Waals surface area contributed by atoms with Crippen LogP contribution in [0.1, 0.15) is 49.0 Å². The van der Waals surface area contributed by atoms with Crippen LogP contribution < -0.4 is 0 Å². The number of aromatic carboxylic acids is 1. The Morgan fingerprint density at radius 2 is 2.14 bits per heavy atom. The zero-order valence-electron chi connectivity index (χ0n) is 12.4. The molecule has 0 saturated carbocycles. The molecule has 114 valence electrons. The third kappa shape index (κ3) is 3.01. The zero-order chi connectivity index (χ0) is 15.5. The van der Waals surface area contributed by atoms with Crippen LogP contribution in [0.5, 0.6) is 0 Å². The number of carbonyl (C=O) groups is 1. The number of carboxylic acid groups (broad SMARTS) is 1. The lowest BCUT2D eigenvalue weighted by molar-refractivity contribution is -0.0506. The third-order valence-electron chi connectivity index (χ3n) is 3.56. The van der Waals surface area contributed by atoms with E-state index in [2.05, 4.69) is 18.8 Å². The van der Waals surface area contributed by atoms with E-state index in [1.807, 2.05) is 12.3 Å². The van der Waals surface area contributed by atoms with E-state index in [0.717, 1.165) is 17.8 Å². The molecule has 0 bridgehead atoms.